The molecule has 0 spiro atoms. The number of benzene rings is 1. The van der Waals surface area contributed by atoms with E-state index in [0.717, 1.165) is 5.56 Å². The van der Waals surface area contributed by atoms with E-state index in [9.17, 15) is 4.79 Å². The molecule has 1 amide bonds. The van der Waals surface area contributed by atoms with E-state index in [1.54, 1.807) is 31.2 Å². The molecule has 6 heteroatoms. The van der Waals surface area contributed by atoms with Gasteiger partial charge in [0, 0.05) is 16.5 Å². The third-order valence-corrected chi connectivity index (χ3v) is 4.32. The first-order valence-electron chi connectivity index (χ1n) is 6.00. The zero-order valence-corrected chi connectivity index (χ0v) is 13.1. The number of rotatable bonds is 4. The lowest BCUT2D eigenvalue weighted by Crippen LogP contribution is -2.42. The van der Waals surface area contributed by atoms with Crippen molar-refractivity contribution in [2.45, 2.75) is 18.2 Å². The zero-order valence-electron chi connectivity index (χ0n) is 10.9. The van der Waals surface area contributed by atoms with Crippen molar-refractivity contribution in [2.75, 3.05) is 6.54 Å². The van der Waals surface area contributed by atoms with Crippen molar-refractivity contribution in [3.8, 4) is 0 Å². The van der Waals surface area contributed by atoms with Crippen LogP contribution in [-0.2, 0) is 11.2 Å². The number of carbonyl (C=O) groups excluding carboxylic acids is 1. The Labute approximate surface area is 132 Å². The standard InChI is InChI=1S/C14H13Cl3N2O/c1-3-6-19-13(20)14(17,9(2)18-19)8-10-4-5-11(15)7-12(10)16/h3-5,7H,1,6,8H2,2H3. The molecule has 1 aromatic rings. The molecule has 0 saturated heterocycles. The normalized spacial score (nSPS) is 22.1. The molecule has 0 aromatic heterocycles. The van der Waals surface area contributed by atoms with Gasteiger partial charge in [-0.3, -0.25) is 4.79 Å². The molecule has 0 N–H and O–H groups in total. The van der Waals surface area contributed by atoms with Crippen LogP contribution in [0, 0.1) is 0 Å². The van der Waals surface area contributed by atoms with Crippen molar-refractivity contribution in [3.05, 3.63) is 46.5 Å². The number of carbonyl (C=O) groups is 1. The van der Waals surface area contributed by atoms with Crippen LogP contribution in [0.5, 0.6) is 0 Å². The first-order valence-corrected chi connectivity index (χ1v) is 7.13. The van der Waals surface area contributed by atoms with Crippen molar-refractivity contribution in [1.82, 2.24) is 5.01 Å². The summed E-state index contributed by atoms with van der Waals surface area (Å²) in [4.78, 5) is 11.2. The van der Waals surface area contributed by atoms with Gasteiger partial charge in [-0.2, -0.15) is 5.10 Å². The maximum Gasteiger partial charge on any atom is 0.270 e. The SMILES string of the molecule is C=CCN1N=C(C)C(Cl)(Cc2ccc(Cl)cc2Cl)C1=O. The van der Waals surface area contributed by atoms with Crippen LogP contribution in [0.25, 0.3) is 0 Å². The van der Waals surface area contributed by atoms with Gasteiger partial charge < -0.3 is 0 Å². The third kappa shape index (κ3) is 2.71. The molecule has 1 heterocycles. The molecule has 0 fully saturated rings. The lowest BCUT2D eigenvalue weighted by molar-refractivity contribution is -0.130. The average molecular weight is 332 g/mol. The van der Waals surface area contributed by atoms with E-state index < -0.39 is 4.87 Å². The summed E-state index contributed by atoms with van der Waals surface area (Å²) in [6.45, 7) is 5.66. The summed E-state index contributed by atoms with van der Waals surface area (Å²) in [5.74, 6) is -0.261. The number of amides is 1. The van der Waals surface area contributed by atoms with Crippen LogP contribution in [0.1, 0.15) is 12.5 Å². The predicted molar refractivity (Wildman–Crippen MR) is 83.8 cm³/mol. The number of hydrogen-bond donors (Lipinski definition) is 0. The largest absolute Gasteiger partial charge is 0.270 e. The lowest BCUT2D eigenvalue weighted by atomic mass is 9.94. The molecular formula is C14H13Cl3N2O. The number of nitrogens with zero attached hydrogens (tertiary/aromatic N) is 2. The maximum atomic E-state index is 12.4. The van der Waals surface area contributed by atoms with E-state index in [-0.39, 0.29) is 12.3 Å². The summed E-state index contributed by atoms with van der Waals surface area (Å²) in [6.07, 6.45) is 1.87. The second kappa shape index (κ2) is 5.76. The smallest absolute Gasteiger partial charge is 0.270 e. The van der Waals surface area contributed by atoms with Gasteiger partial charge in [0.2, 0.25) is 0 Å². The lowest BCUT2D eigenvalue weighted by Gasteiger charge is -2.21. The van der Waals surface area contributed by atoms with E-state index >= 15 is 0 Å². The van der Waals surface area contributed by atoms with E-state index in [4.69, 9.17) is 34.8 Å². The van der Waals surface area contributed by atoms with E-state index in [0.29, 0.717) is 22.3 Å². The minimum atomic E-state index is -1.19. The van der Waals surface area contributed by atoms with Crippen LogP contribution in [0.15, 0.2) is 36.0 Å². The molecule has 0 aliphatic carbocycles. The van der Waals surface area contributed by atoms with Gasteiger partial charge in [0.15, 0.2) is 4.87 Å². The highest BCUT2D eigenvalue weighted by Gasteiger charge is 2.47. The summed E-state index contributed by atoms with van der Waals surface area (Å²) >= 11 is 18.5. The first-order chi connectivity index (χ1) is 9.38. The minimum Gasteiger partial charge on any atom is -0.270 e. The first kappa shape index (κ1) is 15.4. The highest BCUT2D eigenvalue weighted by Crippen LogP contribution is 2.34. The number of hydrazone groups is 1. The second-order valence-electron chi connectivity index (χ2n) is 4.58. The summed E-state index contributed by atoms with van der Waals surface area (Å²) < 4.78 is 0. The molecule has 0 radical (unpaired) electrons. The molecule has 0 bridgehead atoms. The molecule has 2 rings (SSSR count). The quantitative estimate of drug-likeness (QED) is 0.608. The Morgan fingerprint density at radius 1 is 1.45 bits per heavy atom. The number of alkyl halides is 1. The molecule has 1 atom stereocenters. The van der Waals surface area contributed by atoms with Gasteiger partial charge in [-0.15, -0.1) is 18.2 Å². The highest BCUT2D eigenvalue weighted by atomic mass is 35.5. The van der Waals surface area contributed by atoms with Gasteiger partial charge in [0.05, 0.1) is 12.3 Å². The number of hydrogen-bond acceptors (Lipinski definition) is 2. The Kier molecular flexibility index (Phi) is 4.43. The maximum absolute atomic E-state index is 12.4. The summed E-state index contributed by atoms with van der Waals surface area (Å²) in [5, 5.41) is 6.53. The summed E-state index contributed by atoms with van der Waals surface area (Å²) in [5.41, 5.74) is 1.31. The Morgan fingerprint density at radius 3 is 2.75 bits per heavy atom. The van der Waals surface area contributed by atoms with Crippen LogP contribution in [0.4, 0.5) is 0 Å². The number of halogens is 3. The highest BCUT2D eigenvalue weighted by molar-refractivity contribution is 6.48. The Bertz CT molecular complexity index is 600. The Morgan fingerprint density at radius 2 is 2.15 bits per heavy atom. The average Bonchev–Trinajstić information content (AvgIpc) is 2.59. The fraction of sp³-hybridized carbons (Fsp3) is 0.286. The summed E-state index contributed by atoms with van der Waals surface area (Å²) in [7, 11) is 0. The van der Waals surface area contributed by atoms with Crippen molar-refractivity contribution < 1.29 is 4.79 Å². The van der Waals surface area contributed by atoms with Gasteiger partial charge in [0.25, 0.3) is 5.91 Å². The van der Waals surface area contributed by atoms with Gasteiger partial charge >= 0.3 is 0 Å². The Balaban J connectivity index is 2.30. The van der Waals surface area contributed by atoms with E-state index in [2.05, 4.69) is 11.7 Å². The van der Waals surface area contributed by atoms with Crippen molar-refractivity contribution in [3.63, 3.8) is 0 Å². The third-order valence-electron chi connectivity index (χ3n) is 3.17. The van der Waals surface area contributed by atoms with Gasteiger partial charge in [-0.05, 0) is 24.6 Å². The van der Waals surface area contributed by atoms with Gasteiger partial charge in [-0.25, -0.2) is 5.01 Å². The van der Waals surface area contributed by atoms with E-state index in [1.165, 1.54) is 5.01 Å². The fourth-order valence-electron chi connectivity index (χ4n) is 2.04. The molecule has 1 unspecified atom stereocenters. The Hall–Kier alpha value is -1.03. The van der Waals surface area contributed by atoms with Crippen molar-refractivity contribution in [1.29, 1.82) is 0 Å². The van der Waals surface area contributed by atoms with Crippen LogP contribution >= 0.6 is 34.8 Å². The molecule has 1 aromatic carbocycles. The molecule has 106 valence electrons. The molecule has 1 aliphatic rings. The van der Waals surface area contributed by atoms with Crippen LogP contribution in [0.2, 0.25) is 10.0 Å². The van der Waals surface area contributed by atoms with E-state index in [1.807, 2.05) is 0 Å². The minimum absolute atomic E-state index is 0.261. The molecule has 3 nitrogen and oxygen atoms in total. The molecule has 0 saturated carbocycles. The predicted octanol–water partition coefficient (Wildman–Crippen LogP) is 3.92. The molecule has 20 heavy (non-hydrogen) atoms. The molecule has 1 aliphatic heterocycles. The van der Waals surface area contributed by atoms with Gasteiger partial charge in [-0.1, -0.05) is 35.3 Å². The zero-order chi connectivity index (χ0) is 14.9. The van der Waals surface area contributed by atoms with Crippen molar-refractivity contribution >= 4 is 46.4 Å². The van der Waals surface area contributed by atoms with Crippen LogP contribution in [0.3, 0.4) is 0 Å². The monoisotopic (exact) mass is 330 g/mol. The topological polar surface area (TPSA) is 32.7 Å². The van der Waals surface area contributed by atoms with Crippen LogP contribution in [-0.4, -0.2) is 28.0 Å². The van der Waals surface area contributed by atoms with Crippen molar-refractivity contribution in [2.24, 2.45) is 5.10 Å². The van der Waals surface area contributed by atoms with Gasteiger partial charge in [0.1, 0.15) is 0 Å². The fourth-order valence-corrected chi connectivity index (χ4v) is 2.80. The molecular weight excluding hydrogens is 319 g/mol. The van der Waals surface area contributed by atoms with Crippen LogP contribution < -0.4 is 0 Å². The summed E-state index contributed by atoms with van der Waals surface area (Å²) in [6, 6.07) is 5.12. The second-order valence-corrected chi connectivity index (χ2v) is 6.06.